The fraction of sp³-hybridized carbons (Fsp3) is 0.625. The lowest BCUT2D eigenvalue weighted by Crippen LogP contribution is -2.30. The number of hydrogen-bond acceptors (Lipinski definition) is 2. The second kappa shape index (κ2) is 6.24. The molecule has 1 aromatic rings. The zero-order chi connectivity index (χ0) is 13.8. The minimum absolute atomic E-state index is 0.315. The molecule has 0 spiro atoms. The summed E-state index contributed by atoms with van der Waals surface area (Å²) in [5.74, 6) is 0. The summed E-state index contributed by atoms with van der Waals surface area (Å²) in [6.45, 7) is 14.2. The lowest BCUT2D eigenvalue weighted by molar-refractivity contribution is 0.418. The van der Waals surface area contributed by atoms with Crippen molar-refractivity contribution >= 4 is 5.69 Å². The Kier molecular flexibility index (Phi) is 5.21. The summed E-state index contributed by atoms with van der Waals surface area (Å²) in [4.78, 5) is 2.37. The Balaban J connectivity index is 2.92. The minimum atomic E-state index is 0.315. The SMILES string of the molecule is CCNCc1cc(C)ccc1N(C)CC(C)(C)C. The first-order chi connectivity index (χ1) is 8.33. The monoisotopic (exact) mass is 248 g/mol. The molecule has 0 saturated heterocycles. The number of nitrogens with one attached hydrogen (secondary N) is 1. The Morgan fingerprint density at radius 3 is 2.44 bits per heavy atom. The molecule has 0 saturated carbocycles. The van der Waals surface area contributed by atoms with Gasteiger partial charge in [0.2, 0.25) is 0 Å². The Morgan fingerprint density at radius 1 is 1.22 bits per heavy atom. The van der Waals surface area contributed by atoms with Crippen molar-refractivity contribution in [2.75, 3.05) is 25.0 Å². The topological polar surface area (TPSA) is 15.3 Å². The molecular weight excluding hydrogens is 220 g/mol. The molecule has 0 aliphatic carbocycles. The van der Waals surface area contributed by atoms with E-state index in [4.69, 9.17) is 0 Å². The van der Waals surface area contributed by atoms with Gasteiger partial charge in [0, 0.05) is 25.8 Å². The van der Waals surface area contributed by atoms with Crippen LogP contribution < -0.4 is 10.2 Å². The zero-order valence-corrected chi connectivity index (χ0v) is 12.8. The molecule has 1 rings (SSSR count). The summed E-state index contributed by atoms with van der Waals surface area (Å²) in [7, 11) is 2.19. The summed E-state index contributed by atoms with van der Waals surface area (Å²) in [5, 5.41) is 3.42. The van der Waals surface area contributed by atoms with Gasteiger partial charge >= 0.3 is 0 Å². The van der Waals surface area contributed by atoms with Gasteiger partial charge in [-0.15, -0.1) is 0 Å². The zero-order valence-electron chi connectivity index (χ0n) is 12.8. The van der Waals surface area contributed by atoms with E-state index in [1.807, 2.05) is 0 Å². The van der Waals surface area contributed by atoms with Crippen molar-refractivity contribution in [3.63, 3.8) is 0 Å². The van der Waals surface area contributed by atoms with E-state index in [2.05, 4.69) is 70.1 Å². The Morgan fingerprint density at radius 2 is 1.89 bits per heavy atom. The van der Waals surface area contributed by atoms with Gasteiger partial charge in [-0.25, -0.2) is 0 Å². The van der Waals surface area contributed by atoms with Crippen LogP contribution in [0.2, 0.25) is 0 Å². The van der Waals surface area contributed by atoms with E-state index in [0.29, 0.717) is 5.41 Å². The molecule has 0 bridgehead atoms. The maximum absolute atomic E-state index is 3.42. The predicted molar refractivity (Wildman–Crippen MR) is 81.3 cm³/mol. The van der Waals surface area contributed by atoms with E-state index in [1.54, 1.807) is 0 Å². The van der Waals surface area contributed by atoms with Gasteiger partial charge in [-0.05, 0) is 30.5 Å². The smallest absolute Gasteiger partial charge is 0.0409 e. The van der Waals surface area contributed by atoms with Gasteiger partial charge < -0.3 is 10.2 Å². The van der Waals surface area contributed by atoms with Crippen molar-refractivity contribution in [1.82, 2.24) is 5.32 Å². The molecule has 0 unspecified atom stereocenters. The van der Waals surface area contributed by atoms with Crippen molar-refractivity contribution in [3.8, 4) is 0 Å². The molecule has 0 aliphatic heterocycles. The maximum atomic E-state index is 3.42. The Labute approximate surface area is 112 Å². The van der Waals surface area contributed by atoms with Gasteiger partial charge in [0.25, 0.3) is 0 Å². The number of benzene rings is 1. The second-order valence-electron chi connectivity index (χ2n) is 6.33. The van der Waals surface area contributed by atoms with Crippen LogP contribution in [0.3, 0.4) is 0 Å². The van der Waals surface area contributed by atoms with Crippen LogP contribution in [0.15, 0.2) is 18.2 Å². The van der Waals surface area contributed by atoms with Gasteiger partial charge in [-0.1, -0.05) is 45.4 Å². The molecule has 102 valence electrons. The van der Waals surface area contributed by atoms with Crippen LogP contribution in [0.5, 0.6) is 0 Å². The van der Waals surface area contributed by atoms with Gasteiger partial charge in [-0.3, -0.25) is 0 Å². The van der Waals surface area contributed by atoms with Crippen molar-refractivity contribution < 1.29 is 0 Å². The number of anilines is 1. The number of nitrogens with zero attached hydrogens (tertiary/aromatic N) is 1. The number of aryl methyl sites for hydroxylation is 1. The molecular formula is C16H28N2. The standard InChI is InChI=1S/C16H28N2/c1-7-17-11-14-10-13(2)8-9-15(14)18(6)12-16(3,4)5/h8-10,17H,7,11-12H2,1-6H3. The number of rotatable bonds is 5. The van der Waals surface area contributed by atoms with Crippen LogP contribution in [-0.4, -0.2) is 20.1 Å². The Hall–Kier alpha value is -1.02. The van der Waals surface area contributed by atoms with Gasteiger partial charge in [-0.2, -0.15) is 0 Å². The highest BCUT2D eigenvalue weighted by molar-refractivity contribution is 5.54. The molecule has 0 radical (unpaired) electrons. The molecule has 0 amide bonds. The third-order valence-electron chi connectivity index (χ3n) is 2.92. The molecule has 1 aromatic carbocycles. The molecule has 0 fully saturated rings. The van der Waals surface area contributed by atoms with Crippen LogP contribution in [0, 0.1) is 12.3 Å². The van der Waals surface area contributed by atoms with Crippen molar-refractivity contribution in [2.24, 2.45) is 5.41 Å². The first-order valence-corrected chi connectivity index (χ1v) is 6.85. The van der Waals surface area contributed by atoms with E-state index in [0.717, 1.165) is 19.6 Å². The van der Waals surface area contributed by atoms with Crippen LogP contribution >= 0.6 is 0 Å². The molecule has 0 aliphatic rings. The van der Waals surface area contributed by atoms with Crippen LogP contribution in [0.25, 0.3) is 0 Å². The molecule has 2 heteroatoms. The summed E-state index contributed by atoms with van der Waals surface area (Å²) in [6, 6.07) is 6.73. The fourth-order valence-electron chi connectivity index (χ4n) is 2.28. The van der Waals surface area contributed by atoms with Crippen molar-refractivity contribution in [3.05, 3.63) is 29.3 Å². The third-order valence-corrected chi connectivity index (χ3v) is 2.92. The summed E-state index contributed by atoms with van der Waals surface area (Å²) in [5.41, 5.74) is 4.38. The molecule has 0 heterocycles. The first kappa shape index (κ1) is 15.0. The van der Waals surface area contributed by atoms with Gasteiger partial charge in [0.15, 0.2) is 0 Å². The quantitative estimate of drug-likeness (QED) is 0.856. The third kappa shape index (κ3) is 4.69. The molecule has 1 N–H and O–H groups in total. The molecule has 0 aromatic heterocycles. The highest BCUT2D eigenvalue weighted by Crippen LogP contribution is 2.24. The van der Waals surface area contributed by atoms with Crippen LogP contribution in [-0.2, 0) is 6.54 Å². The highest BCUT2D eigenvalue weighted by atomic mass is 15.1. The maximum Gasteiger partial charge on any atom is 0.0409 e. The summed E-state index contributed by atoms with van der Waals surface area (Å²) < 4.78 is 0. The fourth-order valence-corrected chi connectivity index (χ4v) is 2.28. The minimum Gasteiger partial charge on any atom is -0.374 e. The molecule has 2 nitrogen and oxygen atoms in total. The van der Waals surface area contributed by atoms with E-state index in [-0.39, 0.29) is 0 Å². The molecule has 0 atom stereocenters. The Bertz CT molecular complexity index is 377. The van der Waals surface area contributed by atoms with E-state index < -0.39 is 0 Å². The predicted octanol–water partition coefficient (Wildman–Crippen LogP) is 3.59. The van der Waals surface area contributed by atoms with Crippen LogP contribution in [0.4, 0.5) is 5.69 Å². The molecule has 18 heavy (non-hydrogen) atoms. The summed E-state index contributed by atoms with van der Waals surface area (Å²) in [6.07, 6.45) is 0. The van der Waals surface area contributed by atoms with Crippen LogP contribution in [0.1, 0.15) is 38.8 Å². The average molecular weight is 248 g/mol. The second-order valence-corrected chi connectivity index (χ2v) is 6.33. The average Bonchev–Trinajstić information content (AvgIpc) is 2.23. The lowest BCUT2D eigenvalue weighted by atomic mass is 9.95. The number of hydrogen-bond donors (Lipinski definition) is 1. The first-order valence-electron chi connectivity index (χ1n) is 6.85. The van der Waals surface area contributed by atoms with Gasteiger partial charge in [0.1, 0.15) is 0 Å². The van der Waals surface area contributed by atoms with Crippen molar-refractivity contribution in [1.29, 1.82) is 0 Å². The van der Waals surface area contributed by atoms with Crippen molar-refractivity contribution in [2.45, 2.75) is 41.2 Å². The lowest BCUT2D eigenvalue weighted by Gasteiger charge is -2.30. The van der Waals surface area contributed by atoms with E-state index >= 15 is 0 Å². The highest BCUT2D eigenvalue weighted by Gasteiger charge is 2.15. The van der Waals surface area contributed by atoms with E-state index in [1.165, 1.54) is 16.8 Å². The normalized spacial score (nSPS) is 11.7. The largest absolute Gasteiger partial charge is 0.374 e. The summed E-state index contributed by atoms with van der Waals surface area (Å²) >= 11 is 0. The van der Waals surface area contributed by atoms with E-state index in [9.17, 15) is 0 Å². The van der Waals surface area contributed by atoms with Gasteiger partial charge in [0.05, 0.1) is 0 Å².